The minimum Gasteiger partial charge on any atom is -0.497 e. The molecule has 0 unspecified atom stereocenters. The Bertz CT molecular complexity index is 445. The molecule has 6 nitrogen and oxygen atoms in total. The number of hydrogen-bond donors (Lipinski definition) is 3. The Kier molecular flexibility index (Phi) is 6.52. The number of nitrogens with one attached hydrogen (secondary N) is 3. The molecule has 0 aliphatic heterocycles. The minimum atomic E-state index is -0.425. The lowest BCUT2D eigenvalue weighted by atomic mass is 10.2. The first-order valence-corrected chi connectivity index (χ1v) is 6.41. The Labute approximate surface area is 118 Å². The number of amides is 2. The Balaban J connectivity index is 2.35. The lowest BCUT2D eigenvalue weighted by molar-refractivity contribution is -0.123. The van der Waals surface area contributed by atoms with E-state index in [9.17, 15) is 9.59 Å². The molecule has 0 aliphatic carbocycles. The lowest BCUT2D eigenvalue weighted by Gasteiger charge is -2.13. The third-order valence-electron chi connectivity index (χ3n) is 2.87. The van der Waals surface area contributed by atoms with E-state index in [0.29, 0.717) is 6.54 Å². The Hall–Kier alpha value is -2.08. The molecule has 0 spiro atoms. The molecule has 0 saturated heterocycles. The molecule has 1 atom stereocenters. The molecule has 1 aromatic carbocycles. The van der Waals surface area contributed by atoms with Crippen molar-refractivity contribution < 1.29 is 14.3 Å². The molecule has 20 heavy (non-hydrogen) atoms. The number of carbonyl (C=O) groups is 2. The van der Waals surface area contributed by atoms with E-state index >= 15 is 0 Å². The van der Waals surface area contributed by atoms with Crippen LogP contribution in [0.1, 0.15) is 12.5 Å². The van der Waals surface area contributed by atoms with E-state index in [1.807, 2.05) is 24.3 Å². The largest absolute Gasteiger partial charge is 0.497 e. The number of carbonyl (C=O) groups excluding carboxylic acids is 2. The summed E-state index contributed by atoms with van der Waals surface area (Å²) in [4.78, 5) is 22.9. The van der Waals surface area contributed by atoms with Gasteiger partial charge in [0, 0.05) is 13.6 Å². The van der Waals surface area contributed by atoms with Gasteiger partial charge in [-0.25, -0.2) is 0 Å². The van der Waals surface area contributed by atoms with Crippen LogP contribution in [0, 0.1) is 0 Å². The van der Waals surface area contributed by atoms with E-state index in [1.165, 1.54) is 0 Å². The Morgan fingerprint density at radius 1 is 1.25 bits per heavy atom. The molecule has 0 aliphatic rings. The van der Waals surface area contributed by atoms with Crippen LogP contribution in [0.3, 0.4) is 0 Å². The van der Waals surface area contributed by atoms with Gasteiger partial charge in [0.2, 0.25) is 11.8 Å². The van der Waals surface area contributed by atoms with Crippen molar-refractivity contribution in [2.45, 2.75) is 19.5 Å². The smallest absolute Gasteiger partial charge is 0.237 e. The van der Waals surface area contributed by atoms with Gasteiger partial charge in [-0.1, -0.05) is 12.1 Å². The fourth-order valence-corrected chi connectivity index (χ4v) is 1.51. The molecule has 3 N–H and O–H groups in total. The van der Waals surface area contributed by atoms with Gasteiger partial charge >= 0.3 is 0 Å². The van der Waals surface area contributed by atoms with Gasteiger partial charge in [-0.3, -0.25) is 14.9 Å². The van der Waals surface area contributed by atoms with Gasteiger partial charge in [0.15, 0.2) is 0 Å². The Morgan fingerprint density at radius 3 is 2.45 bits per heavy atom. The zero-order chi connectivity index (χ0) is 15.0. The van der Waals surface area contributed by atoms with Crippen molar-refractivity contribution in [1.82, 2.24) is 16.0 Å². The van der Waals surface area contributed by atoms with E-state index in [0.717, 1.165) is 11.3 Å². The molecule has 0 saturated carbocycles. The summed E-state index contributed by atoms with van der Waals surface area (Å²) < 4.78 is 5.06. The van der Waals surface area contributed by atoms with Crippen LogP contribution in [0.25, 0.3) is 0 Å². The molecule has 110 valence electrons. The van der Waals surface area contributed by atoms with Crippen LogP contribution >= 0.6 is 0 Å². The highest BCUT2D eigenvalue weighted by Crippen LogP contribution is 2.10. The minimum absolute atomic E-state index is 0.119. The zero-order valence-electron chi connectivity index (χ0n) is 12.0. The summed E-state index contributed by atoms with van der Waals surface area (Å²) >= 11 is 0. The van der Waals surface area contributed by atoms with Gasteiger partial charge in [-0.15, -0.1) is 0 Å². The standard InChI is InChI=1S/C14H21N3O3/c1-10(16-9-13(18)15-2)14(19)17-8-11-4-6-12(20-3)7-5-11/h4-7,10,16H,8-9H2,1-3H3,(H,15,18)(H,17,19)/t10-/m1/s1. The molecular formula is C14H21N3O3. The monoisotopic (exact) mass is 279 g/mol. The molecule has 1 rings (SSSR count). The highest BCUT2D eigenvalue weighted by atomic mass is 16.5. The van der Waals surface area contributed by atoms with E-state index in [2.05, 4.69) is 16.0 Å². The first kappa shape index (κ1) is 16.0. The van der Waals surface area contributed by atoms with Crippen LogP contribution in [0.2, 0.25) is 0 Å². The number of ether oxygens (including phenoxy) is 1. The average molecular weight is 279 g/mol. The summed E-state index contributed by atoms with van der Waals surface area (Å²) in [6, 6.07) is 7.04. The van der Waals surface area contributed by atoms with Crippen LogP contribution in [0.4, 0.5) is 0 Å². The highest BCUT2D eigenvalue weighted by Gasteiger charge is 2.12. The van der Waals surface area contributed by atoms with E-state index in [-0.39, 0.29) is 18.4 Å². The number of rotatable bonds is 7. The first-order chi connectivity index (χ1) is 9.56. The van der Waals surface area contributed by atoms with Crippen molar-refractivity contribution in [3.8, 4) is 5.75 Å². The third-order valence-corrected chi connectivity index (χ3v) is 2.87. The van der Waals surface area contributed by atoms with Crippen LogP contribution < -0.4 is 20.7 Å². The lowest BCUT2D eigenvalue weighted by Crippen LogP contribution is -2.45. The predicted molar refractivity (Wildman–Crippen MR) is 76.4 cm³/mol. The van der Waals surface area contributed by atoms with E-state index < -0.39 is 6.04 Å². The van der Waals surface area contributed by atoms with Gasteiger partial charge in [0.05, 0.1) is 19.7 Å². The maximum atomic E-state index is 11.8. The second-order valence-electron chi connectivity index (χ2n) is 4.34. The summed E-state index contributed by atoms with van der Waals surface area (Å²) in [6.45, 7) is 2.27. The zero-order valence-corrected chi connectivity index (χ0v) is 12.0. The normalized spacial score (nSPS) is 11.6. The highest BCUT2D eigenvalue weighted by molar-refractivity contribution is 5.83. The SMILES string of the molecule is CNC(=O)CN[C@H](C)C(=O)NCc1ccc(OC)cc1. The molecule has 0 radical (unpaired) electrons. The fourth-order valence-electron chi connectivity index (χ4n) is 1.51. The van der Waals surface area contributed by atoms with Gasteiger partial charge in [0.25, 0.3) is 0 Å². The second kappa shape index (κ2) is 8.16. The molecule has 0 aromatic heterocycles. The topological polar surface area (TPSA) is 79.5 Å². The van der Waals surface area contributed by atoms with Crippen molar-refractivity contribution >= 4 is 11.8 Å². The molecule has 0 heterocycles. The summed E-state index contributed by atoms with van der Waals surface area (Å²) in [5, 5.41) is 8.13. The van der Waals surface area contributed by atoms with E-state index in [1.54, 1.807) is 21.1 Å². The van der Waals surface area contributed by atoms with Crippen molar-refractivity contribution in [2.75, 3.05) is 20.7 Å². The van der Waals surface area contributed by atoms with Crippen LogP contribution in [0.5, 0.6) is 5.75 Å². The maximum absolute atomic E-state index is 11.8. The molecule has 6 heteroatoms. The Morgan fingerprint density at radius 2 is 1.90 bits per heavy atom. The quantitative estimate of drug-likeness (QED) is 0.658. The number of methoxy groups -OCH3 is 1. The average Bonchev–Trinajstić information content (AvgIpc) is 2.50. The molecule has 0 bridgehead atoms. The van der Waals surface area contributed by atoms with Crippen LogP contribution in [-0.4, -0.2) is 38.6 Å². The second-order valence-corrected chi connectivity index (χ2v) is 4.34. The van der Waals surface area contributed by atoms with E-state index in [4.69, 9.17) is 4.74 Å². The molecular weight excluding hydrogens is 258 g/mol. The van der Waals surface area contributed by atoms with Gasteiger partial charge in [0.1, 0.15) is 5.75 Å². The molecule has 1 aromatic rings. The fraction of sp³-hybridized carbons (Fsp3) is 0.429. The third kappa shape index (κ3) is 5.27. The molecule has 0 fully saturated rings. The van der Waals surface area contributed by atoms with Gasteiger partial charge in [-0.05, 0) is 24.6 Å². The van der Waals surface area contributed by atoms with Crippen LogP contribution in [0.15, 0.2) is 24.3 Å². The van der Waals surface area contributed by atoms with Crippen molar-refractivity contribution in [1.29, 1.82) is 0 Å². The summed E-state index contributed by atoms with van der Waals surface area (Å²) in [5.74, 6) is 0.477. The van der Waals surface area contributed by atoms with Gasteiger partial charge in [-0.2, -0.15) is 0 Å². The maximum Gasteiger partial charge on any atom is 0.237 e. The van der Waals surface area contributed by atoms with Crippen LogP contribution in [-0.2, 0) is 16.1 Å². The van der Waals surface area contributed by atoms with Crippen molar-refractivity contribution in [2.24, 2.45) is 0 Å². The van der Waals surface area contributed by atoms with Crippen molar-refractivity contribution in [3.63, 3.8) is 0 Å². The number of benzene rings is 1. The first-order valence-electron chi connectivity index (χ1n) is 6.41. The summed E-state index contributed by atoms with van der Waals surface area (Å²) in [6.07, 6.45) is 0. The van der Waals surface area contributed by atoms with Gasteiger partial charge < -0.3 is 15.4 Å². The number of likely N-dealkylation sites (N-methyl/N-ethyl adjacent to an activating group) is 1. The molecule has 2 amide bonds. The summed E-state index contributed by atoms with van der Waals surface area (Å²) in [5.41, 5.74) is 0.984. The predicted octanol–water partition coefficient (Wildman–Crippen LogP) is 0.0355. The number of hydrogen-bond acceptors (Lipinski definition) is 4. The van der Waals surface area contributed by atoms with Crippen molar-refractivity contribution in [3.05, 3.63) is 29.8 Å². The summed E-state index contributed by atoms with van der Waals surface area (Å²) in [7, 11) is 3.16.